The first-order valence-corrected chi connectivity index (χ1v) is 12.7. The van der Waals surface area contributed by atoms with Crippen LogP contribution in [0.15, 0.2) is 60.7 Å². The van der Waals surface area contributed by atoms with Gasteiger partial charge in [0.1, 0.15) is 24.1 Å². The number of hydrogen-bond donors (Lipinski definition) is 6. The number of nitrogens with zero attached hydrogens (tertiary/aromatic N) is 1. The second-order valence-corrected chi connectivity index (χ2v) is 9.78. The van der Waals surface area contributed by atoms with Crippen molar-refractivity contribution in [2.24, 2.45) is 0 Å². The van der Waals surface area contributed by atoms with Crippen molar-refractivity contribution in [3.8, 4) is 28.0 Å². The summed E-state index contributed by atoms with van der Waals surface area (Å²) in [5.74, 6) is -2.15. The number of fused-ring (bicyclic) bond motifs is 1. The lowest BCUT2D eigenvalue weighted by Crippen LogP contribution is -2.61. The van der Waals surface area contributed by atoms with Crippen molar-refractivity contribution in [2.45, 2.75) is 43.5 Å². The number of H-pyrrole nitrogens is 1. The molecule has 1 aromatic heterocycles. The first-order chi connectivity index (χ1) is 19.1. The number of para-hydroxylation sites is 1. The molecule has 1 aliphatic rings. The van der Waals surface area contributed by atoms with Gasteiger partial charge in [0.15, 0.2) is 6.10 Å². The summed E-state index contributed by atoms with van der Waals surface area (Å²) in [5, 5.41) is 57.1. The van der Waals surface area contributed by atoms with Crippen LogP contribution in [0.1, 0.15) is 12.1 Å². The first-order valence-electron chi connectivity index (χ1n) is 12.3. The number of carbonyl (C=O) groups is 2. The highest BCUT2D eigenvalue weighted by molar-refractivity contribution is 6.34. The van der Waals surface area contributed by atoms with Crippen molar-refractivity contribution >= 4 is 34.4 Å². The summed E-state index contributed by atoms with van der Waals surface area (Å²) < 4.78 is 11.1. The Bertz CT molecular complexity index is 1560. The molecule has 0 bridgehead atoms. The van der Waals surface area contributed by atoms with Crippen molar-refractivity contribution in [1.29, 1.82) is 0 Å². The fraction of sp³-hybridized carbons (Fsp3) is 0.250. The summed E-state index contributed by atoms with van der Waals surface area (Å²) in [4.78, 5) is 22.5. The van der Waals surface area contributed by atoms with E-state index >= 15 is 0 Å². The number of hydrogen-bond acceptors (Lipinski definition) is 8. The van der Waals surface area contributed by atoms with Crippen LogP contribution in [-0.4, -0.2) is 78.4 Å². The van der Waals surface area contributed by atoms with Gasteiger partial charge in [-0.15, -0.1) is 0 Å². The smallest absolute Gasteiger partial charge is 0.335 e. The van der Waals surface area contributed by atoms with Crippen molar-refractivity contribution in [2.75, 3.05) is 0 Å². The number of aliphatic hydroxyl groups is 3. The summed E-state index contributed by atoms with van der Waals surface area (Å²) in [6.45, 7) is 0. The molecule has 4 aromatic rings. The van der Waals surface area contributed by atoms with Crippen LogP contribution < -0.4 is 4.74 Å². The maximum Gasteiger partial charge on any atom is 0.335 e. The Balaban J connectivity index is 1.42. The topological polar surface area (TPSA) is 182 Å². The number of aryl methyl sites for hydroxylation is 1. The standard InChI is InChI=1S/C28H25ClN2O9/c29-18-12-20-17(19(30-31-20)9-10-22(32)33)11-16(18)14-7-5-13(6-8-14)15-3-1-2-4-21(15)39-28-25(36)23(34)24(35)26(40-28)27(37)38/h1-8,11-12,23-26,28,34-36H,9-10H2,(H,30,31)(H,32,33)(H,37,38). The number of aromatic amines is 1. The van der Waals surface area contributed by atoms with Gasteiger partial charge in [-0.05, 0) is 29.3 Å². The van der Waals surface area contributed by atoms with Crippen LogP contribution in [0.5, 0.6) is 5.75 Å². The average molecular weight is 569 g/mol. The second-order valence-electron chi connectivity index (χ2n) is 9.37. The molecule has 208 valence electrons. The van der Waals surface area contributed by atoms with Gasteiger partial charge in [-0.2, -0.15) is 5.10 Å². The Morgan fingerprint density at radius 2 is 1.60 bits per heavy atom. The highest BCUT2D eigenvalue weighted by Crippen LogP contribution is 2.37. The van der Waals surface area contributed by atoms with E-state index in [0.717, 1.165) is 22.1 Å². The molecule has 0 saturated carbocycles. The van der Waals surface area contributed by atoms with E-state index in [4.69, 9.17) is 26.2 Å². The van der Waals surface area contributed by atoms with Gasteiger partial charge in [-0.3, -0.25) is 9.89 Å². The van der Waals surface area contributed by atoms with Crippen LogP contribution in [0.4, 0.5) is 0 Å². The van der Waals surface area contributed by atoms with Crippen LogP contribution in [0.3, 0.4) is 0 Å². The Morgan fingerprint density at radius 1 is 0.925 bits per heavy atom. The fourth-order valence-corrected chi connectivity index (χ4v) is 4.91. The lowest BCUT2D eigenvalue weighted by atomic mass is 9.97. The summed E-state index contributed by atoms with van der Waals surface area (Å²) >= 11 is 6.55. The number of rotatable bonds is 8. The molecule has 12 heteroatoms. The molecule has 0 radical (unpaired) electrons. The molecule has 11 nitrogen and oxygen atoms in total. The first kappa shape index (κ1) is 27.6. The van der Waals surface area contributed by atoms with E-state index in [0.29, 0.717) is 28.2 Å². The number of carboxylic acids is 2. The van der Waals surface area contributed by atoms with Gasteiger partial charge < -0.3 is 35.0 Å². The van der Waals surface area contributed by atoms with E-state index in [1.54, 1.807) is 30.3 Å². The molecule has 5 unspecified atom stereocenters. The molecule has 5 atom stereocenters. The second kappa shape index (κ2) is 11.2. The van der Waals surface area contributed by atoms with Gasteiger partial charge in [-0.25, -0.2) is 4.79 Å². The van der Waals surface area contributed by atoms with Gasteiger partial charge >= 0.3 is 11.9 Å². The molecule has 0 aliphatic carbocycles. The molecule has 6 N–H and O–H groups in total. The minimum absolute atomic E-state index is 0.0368. The van der Waals surface area contributed by atoms with E-state index in [1.807, 2.05) is 30.3 Å². The van der Waals surface area contributed by atoms with Crippen LogP contribution in [0.2, 0.25) is 5.02 Å². The molecule has 3 aromatic carbocycles. The Hall–Kier alpha value is -4.00. The van der Waals surface area contributed by atoms with Crippen LogP contribution in [0, 0.1) is 0 Å². The number of aromatic nitrogens is 2. The Morgan fingerprint density at radius 3 is 2.27 bits per heavy atom. The zero-order valence-corrected chi connectivity index (χ0v) is 21.5. The maximum atomic E-state index is 11.4. The summed E-state index contributed by atoms with van der Waals surface area (Å²) in [6, 6.07) is 17.8. The van der Waals surface area contributed by atoms with E-state index in [1.165, 1.54) is 0 Å². The largest absolute Gasteiger partial charge is 0.481 e. The molecule has 0 spiro atoms. The van der Waals surface area contributed by atoms with E-state index in [-0.39, 0.29) is 12.2 Å². The quantitative estimate of drug-likeness (QED) is 0.185. The van der Waals surface area contributed by atoms with Crippen molar-refractivity contribution in [3.63, 3.8) is 0 Å². The van der Waals surface area contributed by atoms with Gasteiger partial charge in [0.2, 0.25) is 6.29 Å². The molecule has 0 amide bonds. The Kier molecular flexibility index (Phi) is 7.74. The monoisotopic (exact) mass is 568 g/mol. The van der Waals surface area contributed by atoms with Gasteiger partial charge in [-0.1, -0.05) is 54.1 Å². The van der Waals surface area contributed by atoms with E-state index in [9.17, 15) is 30.0 Å². The molecule has 1 saturated heterocycles. The van der Waals surface area contributed by atoms with Gasteiger partial charge in [0.25, 0.3) is 0 Å². The average Bonchev–Trinajstić information content (AvgIpc) is 3.33. The highest BCUT2D eigenvalue weighted by Gasteiger charge is 2.48. The zero-order chi connectivity index (χ0) is 28.6. The molecule has 2 heterocycles. The molecular formula is C28H25ClN2O9. The predicted octanol–water partition coefficient (Wildman–Crippen LogP) is 2.84. The normalized spacial score (nSPS) is 22.8. The highest BCUT2D eigenvalue weighted by atomic mass is 35.5. The van der Waals surface area contributed by atoms with Crippen molar-refractivity contribution < 1.29 is 44.6 Å². The number of aliphatic carboxylic acids is 2. The summed E-state index contributed by atoms with van der Waals surface area (Å²) in [6.07, 6.45) is -8.37. The number of nitrogens with one attached hydrogen (secondary N) is 1. The lowest BCUT2D eigenvalue weighted by molar-refractivity contribution is -0.271. The third-order valence-electron chi connectivity index (χ3n) is 6.76. The lowest BCUT2D eigenvalue weighted by Gasteiger charge is -2.38. The number of aliphatic hydroxyl groups excluding tert-OH is 3. The fourth-order valence-electron chi connectivity index (χ4n) is 4.64. The molecular weight excluding hydrogens is 544 g/mol. The van der Waals surface area contributed by atoms with Gasteiger partial charge in [0.05, 0.1) is 17.0 Å². The SMILES string of the molecule is O=C(O)CCc1[nH]nc2cc(Cl)c(-c3ccc(-c4ccccc4OC4OC(C(=O)O)C(O)C(O)C4O)cc3)cc12. The number of ether oxygens (including phenoxy) is 2. The molecule has 1 aliphatic heterocycles. The molecule has 40 heavy (non-hydrogen) atoms. The third-order valence-corrected chi connectivity index (χ3v) is 7.07. The summed E-state index contributed by atoms with van der Waals surface area (Å²) in [7, 11) is 0. The number of carboxylic acid groups (broad SMARTS) is 2. The predicted molar refractivity (Wildman–Crippen MR) is 143 cm³/mol. The molecule has 5 rings (SSSR count). The minimum Gasteiger partial charge on any atom is -0.481 e. The number of halogens is 1. The van der Waals surface area contributed by atoms with Crippen molar-refractivity contribution in [3.05, 3.63) is 71.4 Å². The van der Waals surface area contributed by atoms with Crippen LogP contribution >= 0.6 is 11.6 Å². The molecule has 1 fully saturated rings. The van der Waals surface area contributed by atoms with Crippen molar-refractivity contribution in [1.82, 2.24) is 10.2 Å². The van der Waals surface area contributed by atoms with Crippen LogP contribution in [0.25, 0.3) is 33.2 Å². The third kappa shape index (κ3) is 5.37. The summed E-state index contributed by atoms with van der Waals surface area (Å²) in [5.41, 5.74) is 4.19. The zero-order valence-electron chi connectivity index (χ0n) is 20.8. The minimum atomic E-state index is -1.82. The van der Waals surface area contributed by atoms with E-state index < -0.39 is 42.6 Å². The Labute approximate surface area is 232 Å². The van der Waals surface area contributed by atoms with Crippen LogP contribution in [-0.2, 0) is 20.7 Å². The van der Waals surface area contributed by atoms with Gasteiger partial charge in [0, 0.05) is 28.6 Å². The van der Waals surface area contributed by atoms with E-state index in [2.05, 4.69) is 10.2 Å². The number of benzene rings is 3. The maximum absolute atomic E-state index is 11.4.